The van der Waals surface area contributed by atoms with Crippen molar-refractivity contribution in [1.82, 2.24) is 24.6 Å². The van der Waals surface area contributed by atoms with Gasteiger partial charge < -0.3 is 4.98 Å². The summed E-state index contributed by atoms with van der Waals surface area (Å²) in [4.78, 5) is 28.8. The van der Waals surface area contributed by atoms with Crippen LogP contribution in [0.1, 0.15) is 31.7 Å². The van der Waals surface area contributed by atoms with Gasteiger partial charge in [0.25, 0.3) is 0 Å². The number of benzene rings is 1. The molecule has 2 amide bonds. The summed E-state index contributed by atoms with van der Waals surface area (Å²) in [6, 6.07) is 8.51. The fourth-order valence-corrected chi connectivity index (χ4v) is 4.48. The summed E-state index contributed by atoms with van der Waals surface area (Å²) in [7, 11) is 0. The molecule has 3 aromatic rings. The smallest absolute Gasteiger partial charge is 0.239 e. The largest absolute Gasteiger partial charge is 0.360 e. The molecule has 3 heterocycles. The van der Waals surface area contributed by atoms with Gasteiger partial charge in [0.05, 0.1) is 5.75 Å². The van der Waals surface area contributed by atoms with E-state index in [1.165, 1.54) is 16.7 Å². The highest BCUT2D eigenvalue weighted by Crippen LogP contribution is 2.42. The van der Waals surface area contributed by atoms with Gasteiger partial charge in [-0.3, -0.25) is 19.1 Å². The third kappa shape index (κ3) is 2.93. The van der Waals surface area contributed by atoms with Crippen LogP contribution < -0.4 is 0 Å². The van der Waals surface area contributed by atoms with Crippen LogP contribution in [-0.4, -0.2) is 48.8 Å². The normalized spacial score (nSPS) is 17.2. The number of nitrogens with zero attached hydrogens (tertiary/aromatic N) is 4. The van der Waals surface area contributed by atoms with E-state index in [1.54, 1.807) is 0 Å². The van der Waals surface area contributed by atoms with Gasteiger partial charge in [0.1, 0.15) is 0 Å². The molecule has 1 aliphatic carbocycles. The van der Waals surface area contributed by atoms with Gasteiger partial charge in [-0.05, 0) is 25.3 Å². The van der Waals surface area contributed by atoms with E-state index in [0.717, 1.165) is 46.7 Å². The molecule has 2 fully saturated rings. The fraction of sp³-hybridized carbons (Fsp3) is 0.368. The van der Waals surface area contributed by atoms with E-state index in [4.69, 9.17) is 0 Å². The van der Waals surface area contributed by atoms with Crippen molar-refractivity contribution in [3.8, 4) is 11.4 Å². The minimum atomic E-state index is -0.138. The second-order valence-electron chi connectivity index (χ2n) is 6.99. The number of carbonyl (C=O) groups is 2. The van der Waals surface area contributed by atoms with Gasteiger partial charge in [-0.15, -0.1) is 10.2 Å². The van der Waals surface area contributed by atoms with E-state index in [-0.39, 0.29) is 17.6 Å². The van der Waals surface area contributed by atoms with Crippen molar-refractivity contribution in [2.75, 3.05) is 12.3 Å². The number of carbonyl (C=O) groups excluding carboxylic acids is 2. The van der Waals surface area contributed by atoms with Crippen LogP contribution in [0.5, 0.6) is 0 Å². The van der Waals surface area contributed by atoms with Gasteiger partial charge in [-0.2, -0.15) is 0 Å². The Morgan fingerprint density at radius 2 is 2.11 bits per heavy atom. The van der Waals surface area contributed by atoms with Gasteiger partial charge in [0.2, 0.25) is 11.8 Å². The summed E-state index contributed by atoms with van der Waals surface area (Å²) < 4.78 is 2.15. The number of aromatic amines is 1. The van der Waals surface area contributed by atoms with Crippen molar-refractivity contribution < 1.29 is 9.59 Å². The first-order valence-electron chi connectivity index (χ1n) is 9.20. The molecule has 0 spiro atoms. The summed E-state index contributed by atoms with van der Waals surface area (Å²) in [5, 5.41) is 10.7. The Morgan fingerprint density at radius 1 is 1.26 bits per heavy atom. The Kier molecular flexibility index (Phi) is 4.00. The van der Waals surface area contributed by atoms with Crippen LogP contribution in [0, 0.1) is 0 Å². The number of nitrogens with one attached hydrogen (secondary N) is 1. The second-order valence-corrected chi connectivity index (χ2v) is 7.93. The number of likely N-dealkylation sites (tertiary alicyclic amines) is 1. The SMILES string of the molecule is O=C1CCCN1C(=O)CSc1nnc(-c2c[nH]c3ccccc23)n1C1CC1. The summed E-state index contributed by atoms with van der Waals surface area (Å²) in [5.74, 6) is 0.845. The Morgan fingerprint density at radius 3 is 2.89 bits per heavy atom. The maximum atomic E-state index is 12.4. The predicted octanol–water partition coefficient (Wildman–Crippen LogP) is 3.00. The number of H-pyrrole nitrogens is 1. The first-order chi connectivity index (χ1) is 13.2. The number of imide groups is 1. The summed E-state index contributed by atoms with van der Waals surface area (Å²) in [6.45, 7) is 0.536. The monoisotopic (exact) mass is 381 g/mol. The summed E-state index contributed by atoms with van der Waals surface area (Å²) in [6.07, 6.45) is 5.40. The first kappa shape index (κ1) is 16.6. The Hall–Kier alpha value is -2.61. The lowest BCUT2D eigenvalue weighted by Gasteiger charge is -2.13. The predicted molar refractivity (Wildman–Crippen MR) is 102 cm³/mol. The van der Waals surface area contributed by atoms with Gasteiger partial charge >= 0.3 is 0 Å². The molecule has 0 unspecified atom stereocenters. The average molecular weight is 381 g/mol. The standard InChI is InChI=1S/C19H19N5O2S/c25-16-6-3-9-23(16)17(26)11-27-19-22-21-18(24(19)12-7-8-12)14-10-20-15-5-2-1-4-13(14)15/h1-2,4-5,10,12,20H,3,6-9,11H2. The third-order valence-corrected chi connectivity index (χ3v) is 6.03. The maximum absolute atomic E-state index is 12.4. The molecule has 2 aliphatic rings. The lowest BCUT2D eigenvalue weighted by atomic mass is 10.1. The Balaban J connectivity index is 1.43. The van der Waals surface area contributed by atoms with Crippen molar-refractivity contribution in [1.29, 1.82) is 0 Å². The van der Waals surface area contributed by atoms with Crippen LogP contribution in [0.3, 0.4) is 0 Å². The van der Waals surface area contributed by atoms with Crippen LogP contribution in [0.4, 0.5) is 0 Å². The van der Waals surface area contributed by atoms with Crippen molar-refractivity contribution in [3.63, 3.8) is 0 Å². The molecule has 0 radical (unpaired) electrons. The maximum Gasteiger partial charge on any atom is 0.239 e. The van der Waals surface area contributed by atoms with Gasteiger partial charge in [0.15, 0.2) is 11.0 Å². The molecule has 138 valence electrons. The quantitative estimate of drug-likeness (QED) is 0.687. The zero-order chi connectivity index (χ0) is 18.4. The van der Waals surface area contributed by atoms with Crippen LogP contribution in [0.15, 0.2) is 35.6 Å². The van der Waals surface area contributed by atoms with Crippen LogP contribution in [0.2, 0.25) is 0 Å². The second kappa shape index (κ2) is 6.53. The van der Waals surface area contributed by atoms with Gasteiger partial charge in [0, 0.05) is 41.7 Å². The molecule has 0 bridgehead atoms. The van der Waals surface area contributed by atoms with E-state index in [0.29, 0.717) is 19.0 Å². The van der Waals surface area contributed by atoms with Crippen LogP contribution in [0.25, 0.3) is 22.3 Å². The number of amides is 2. The molecule has 1 N–H and O–H groups in total. The number of hydrogen-bond donors (Lipinski definition) is 1. The van der Waals surface area contributed by atoms with E-state index in [9.17, 15) is 9.59 Å². The van der Waals surface area contributed by atoms with Crippen molar-refractivity contribution >= 4 is 34.5 Å². The molecule has 8 heteroatoms. The highest BCUT2D eigenvalue weighted by Gasteiger charge is 2.32. The zero-order valence-corrected chi connectivity index (χ0v) is 15.5. The molecular weight excluding hydrogens is 362 g/mol. The van der Waals surface area contributed by atoms with E-state index < -0.39 is 0 Å². The van der Waals surface area contributed by atoms with Crippen LogP contribution >= 0.6 is 11.8 Å². The summed E-state index contributed by atoms with van der Waals surface area (Å²) in [5.41, 5.74) is 2.09. The Labute approximate surface area is 160 Å². The average Bonchev–Trinajstić information content (AvgIpc) is 3.09. The Bertz CT molecular complexity index is 1040. The van der Waals surface area contributed by atoms with Crippen LogP contribution in [-0.2, 0) is 9.59 Å². The molecule has 0 atom stereocenters. The number of aromatic nitrogens is 4. The molecule has 1 aliphatic heterocycles. The molecular formula is C19H19N5O2S. The van der Waals surface area contributed by atoms with E-state index >= 15 is 0 Å². The molecule has 1 saturated heterocycles. The molecule has 1 aromatic carbocycles. The molecule has 5 rings (SSSR count). The zero-order valence-electron chi connectivity index (χ0n) is 14.7. The minimum Gasteiger partial charge on any atom is -0.360 e. The lowest BCUT2D eigenvalue weighted by molar-refractivity contribution is -0.140. The number of rotatable bonds is 5. The lowest BCUT2D eigenvalue weighted by Crippen LogP contribution is -2.33. The molecule has 2 aromatic heterocycles. The molecule has 7 nitrogen and oxygen atoms in total. The van der Waals surface area contributed by atoms with E-state index in [1.807, 2.05) is 24.4 Å². The molecule has 27 heavy (non-hydrogen) atoms. The van der Waals surface area contributed by atoms with Crippen molar-refractivity contribution in [3.05, 3.63) is 30.5 Å². The van der Waals surface area contributed by atoms with E-state index in [2.05, 4.69) is 25.8 Å². The van der Waals surface area contributed by atoms with Crippen molar-refractivity contribution in [2.24, 2.45) is 0 Å². The number of thioether (sulfide) groups is 1. The topological polar surface area (TPSA) is 83.9 Å². The summed E-state index contributed by atoms with van der Waals surface area (Å²) >= 11 is 1.37. The first-order valence-corrected chi connectivity index (χ1v) is 10.2. The third-order valence-electron chi connectivity index (χ3n) is 5.11. The highest BCUT2D eigenvalue weighted by molar-refractivity contribution is 7.99. The molecule has 1 saturated carbocycles. The van der Waals surface area contributed by atoms with Gasteiger partial charge in [-0.25, -0.2) is 0 Å². The minimum absolute atomic E-state index is 0.0660. The number of fused-ring (bicyclic) bond motifs is 1. The van der Waals surface area contributed by atoms with Crippen molar-refractivity contribution in [2.45, 2.75) is 36.9 Å². The van der Waals surface area contributed by atoms with Gasteiger partial charge in [-0.1, -0.05) is 30.0 Å². The number of hydrogen-bond acceptors (Lipinski definition) is 5. The fourth-order valence-electron chi connectivity index (χ4n) is 3.59. The highest BCUT2D eigenvalue weighted by atomic mass is 32.2. The number of para-hydroxylation sites is 1.